The highest BCUT2D eigenvalue weighted by molar-refractivity contribution is 7.99. The molecule has 1 aromatic rings. The van der Waals surface area contributed by atoms with Crippen molar-refractivity contribution in [2.75, 3.05) is 11.5 Å². The number of aryl methyl sites for hydroxylation is 1. The summed E-state index contributed by atoms with van der Waals surface area (Å²) in [7, 11) is -4.93. The number of aromatic nitrogens is 2. The van der Waals surface area contributed by atoms with Crippen LogP contribution in [0.25, 0.3) is 0 Å². The maximum Gasteiger partial charge on any atom is 0.470 e. The second-order valence-corrected chi connectivity index (χ2v) is 12.4. The predicted molar refractivity (Wildman–Crippen MR) is 124 cm³/mol. The van der Waals surface area contributed by atoms with Gasteiger partial charge in [0.1, 0.15) is 12.4 Å². The Kier molecular flexibility index (Phi) is 12.9. The summed E-state index contributed by atoms with van der Waals surface area (Å²) < 4.78 is 266. The molecule has 1 heterocycles. The lowest BCUT2D eigenvalue weighted by atomic mass is 9.90. The van der Waals surface area contributed by atoms with E-state index in [-0.39, 0.29) is 30.9 Å². The minimum absolute atomic E-state index is 0.0455. The van der Waals surface area contributed by atoms with E-state index in [0.717, 1.165) is 12.8 Å². The van der Waals surface area contributed by atoms with Crippen molar-refractivity contribution in [2.24, 2.45) is 0 Å². The molecule has 0 amide bonds. The average Bonchev–Trinajstić information content (AvgIpc) is 3.30. The largest absolute Gasteiger partial charge is 0.748 e. The van der Waals surface area contributed by atoms with Crippen molar-refractivity contribution >= 4 is 21.9 Å². The number of nitrogens with zero attached hydrogens (tertiary/aromatic N) is 2. The van der Waals surface area contributed by atoms with Gasteiger partial charge in [0.15, 0.2) is 0 Å². The molecule has 0 unspecified atom stereocenters. The number of rotatable bonds is 19. The van der Waals surface area contributed by atoms with E-state index in [1.54, 1.807) is 0 Å². The lowest BCUT2D eigenvalue weighted by Crippen LogP contribution is -2.74. The van der Waals surface area contributed by atoms with Gasteiger partial charge in [-0.1, -0.05) is 32.6 Å². The second kappa shape index (κ2) is 14.0. The molecule has 46 heavy (non-hydrogen) atoms. The Labute approximate surface area is 254 Å². The van der Waals surface area contributed by atoms with Gasteiger partial charge in [0.05, 0.1) is 16.7 Å². The molecule has 0 radical (unpaired) electrons. The molecule has 0 aliphatic heterocycles. The number of alkyl halides is 17. The number of imidazole rings is 1. The van der Waals surface area contributed by atoms with E-state index in [1.807, 2.05) is 6.92 Å². The topological polar surface area (TPSA) is 66.0 Å². The molecular weight excluding hydrogens is 727 g/mol. The fraction of sp³-hybridized carbons (Fsp3) is 0.864. The fourth-order valence-electron chi connectivity index (χ4n) is 3.72. The summed E-state index contributed by atoms with van der Waals surface area (Å²) in [4.78, 5) is 0. The van der Waals surface area contributed by atoms with Gasteiger partial charge in [0.2, 0.25) is 0 Å². The molecule has 5 nitrogen and oxygen atoms in total. The van der Waals surface area contributed by atoms with Gasteiger partial charge >= 0.3 is 52.9 Å². The summed E-state index contributed by atoms with van der Waals surface area (Å²) in [6.45, 7) is 1.48. The van der Waals surface area contributed by atoms with Crippen molar-refractivity contribution in [3.63, 3.8) is 0 Å². The van der Waals surface area contributed by atoms with Gasteiger partial charge in [-0.2, -0.15) is 79.2 Å². The minimum Gasteiger partial charge on any atom is -0.748 e. The molecule has 272 valence electrons. The van der Waals surface area contributed by atoms with E-state index < -0.39 is 85.5 Å². The van der Waals surface area contributed by atoms with Crippen molar-refractivity contribution < 1.29 is 92.2 Å². The van der Waals surface area contributed by atoms with Gasteiger partial charge in [-0.05, 0) is 31.0 Å². The van der Waals surface area contributed by atoms with Crippen molar-refractivity contribution in [1.29, 1.82) is 0 Å². The number of thioether (sulfide) groups is 1. The molecule has 1 aromatic heterocycles. The smallest absolute Gasteiger partial charge is 0.470 e. The zero-order valence-corrected chi connectivity index (χ0v) is 24.7. The molecule has 0 aliphatic rings. The maximum absolute atomic E-state index is 15.0. The Hall–Kier alpha value is -1.72. The molecule has 0 saturated carbocycles. The lowest BCUT2D eigenvalue weighted by Gasteiger charge is -2.42. The van der Waals surface area contributed by atoms with Gasteiger partial charge in [-0.3, -0.25) is 0 Å². The standard InChI is InChI=1S/C22H25F17N2O3S2/c1-2-3-4-5-6-7-9-40-10-11-41(14(40)45-12-8-13-46(42,43)44)22(38,39)20(33,34)18(29,30)16(25,26)15(23,24)17(27,28)19(31,32)21(35,36)37/h10-11H,2-9,12-13H2,1H3. The summed E-state index contributed by atoms with van der Waals surface area (Å²) in [5.74, 6) is -52.6. The molecule has 0 saturated heterocycles. The molecule has 0 atom stereocenters. The van der Waals surface area contributed by atoms with Crippen molar-refractivity contribution in [2.45, 2.75) is 111 Å². The average molecular weight is 753 g/mol. The number of hydrogen-bond donors (Lipinski definition) is 0. The van der Waals surface area contributed by atoms with Gasteiger partial charge < -0.3 is 4.55 Å². The third-order valence-electron chi connectivity index (χ3n) is 6.38. The zero-order chi connectivity index (χ0) is 36.4. The van der Waals surface area contributed by atoms with Gasteiger partial charge in [0, 0.05) is 11.5 Å². The first-order valence-corrected chi connectivity index (χ1v) is 15.4. The van der Waals surface area contributed by atoms with E-state index in [0.29, 0.717) is 30.0 Å². The summed E-state index contributed by atoms with van der Waals surface area (Å²) in [5.41, 5.74) is 0. The number of unbranched alkanes of at least 4 members (excludes halogenated alkanes) is 5. The molecule has 0 aromatic carbocycles. The Morgan fingerprint density at radius 3 is 1.57 bits per heavy atom. The highest BCUT2D eigenvalue weighted by Gasteiger charge is 2.96. The normalized spacial score (nSPS) is 15.1. The molecular formula is C22H25F17N2O3S2. The van der Waals surface area contributed by atoms with Crippen LogP contribution in [0.5, 0.6) is 0 Å². The monoisotopic (exact) mass is 752 g/mol. The van der Waals surface area contributed by atoms with E-state index in [1.165, 1.54) is 0 Å². The van der Waals surface area contributed by atoms with Crippen LogP contribution < -0.4 is 4.57 Å². The number of hydrogen-bond acceptors (Lipinski definition) is 4. The molecule has 0 spiro atoms. The first-order chi connectivity index (χ1) is 20.4. The van der Waals surface area contributed by atoms with Gasteiger partial charge in [-0.15, -0.1) is 0 Å². The second-order valence-electron chi connectivity index (χ2n) is 9.86. The Bertz CT molecular complexity index is 1260. The highest BCUT2D eigenvalue weighted by Crippen LogP contribution is 2.64. The Balaban J connectivity index is 3.65. The van der Waals surface area contributed by atoms with Crippen LogP contribution in [0.15, 0.2) is 17.6 Å². The van der Waals surface area contributed by atoms with Gasteiger partial charge in [-0.25, -0.2) is 13.0 Å². The quantitative estimate of drug-likeness (QED) is 0.0472. The zero-order valence-electron chi connectivity index (χ0n) is 23.1. The predicted octanol–water partition coefficient (Wildman–Crippen LogP) is 8.09. The van der Waals surface area contributed by atoms with Crippen LogP contribution in [-0.4, -0.2) is 70.8 Å². The third kappa shape index (κ3) is 7.77. The summed E-state index contributed by atoms with van der Waals surface area (Å²) >= 11 is -0.0455. The van der Waals surface area contributed by atoms with Gasteiger partial charge in [0.25, 0.3) is 0 Å². The van der Waals surface area contributed by atoms with Crippen LogP contribution in [0, 0.1) is 0 Å². The maximum atomic E-state index is 15.0. The molecule has 24 heteroatoms. The molecule has 0 bridgehead atoms. The third-order valence-corrected chi connectivity index (χ3v) is 8.35. The SMILES string of the molecule is CCCCCCCC[n+]1ccn(C(F)(F)C(F)(F)C(F)(F)C(F)(F)C(F)(F)C(F)(F)C(F)(F)C(F)(F)F)c1SCCCS(=O)(=O)[O-]. The van der Waals surface area contributed by atoms with E-state index >= 15 is 8.78 Å². The van der Waals surface area contributed by atoms with Crippen LogP contribution in [0.3, 0.4) is 0 Å². The van der Waals surface area contributed by atoms with Crippen LogP contribution in [0.4, 0.5) is 74.6 Å². The van der Waals surface area contributed by atoms with Crippen LogP contribution >= 0.6 is 11.8 Å². The summed E-state index contributed by atoms with van der Waals surface area (Å²) in [6, 6.07) is -6.84. The first kappa shape index (κ1) is 42.3. The van der Waals surface area contributed by atoms with E-state index in [2.05, 4.69) is 0 Å². The molecule has 1 rings (SSSR count). The minimum atomic E-state index is -8.74. The summed E-state index contributed by atoms with van der Waals surface area (Å²) in [5, 5.41) is -1.26. The molecule has 0 fully saturated rings. The van der Waals surface area contributed by atoms with Crippen LogP contribution in [0.2, 0.25) is 0 Å². The molecule has 0 N–H and O–H groups in total. The van der Waals surface area contributed by atoms with E-state index in [4.69, 9.17) is 0 Å². The lowest BCUT2D eigenvalue weighted by molar-refractivity contribution is -0.735. The van der Waals surface area contributed by atoms with Crippen molar-refractivity contribution in [3.8, 4) is 0 Å². The van der Waals surface area contributed by atoms with Crippen LogP contribution in [-0.2, 0) is 22.7 Å². The van der Waals surface area contributed by atoms with Crippen molar-refractivity contribution in [1.82, 2.24) is 4.57 Å². The summed E-state index contributed by atoms with van der Waals surface area (Å²) in [6.07, 6.45) is -4.95. The highest BCUT2D eigenvalue weighted by atomic mass is 32.2. The van der Waals surface area contributed by atoms with Crippen molar-refractivity contribution in [3.05, 3.63) is 12.4 Å². The Morgan fingerprint density at radius 1 is 0.674 bits per heavy atom. The first-order valence-electron chi connectivity index (χ1n) is 12.8. The van der Waals surface area contributed by atoms with E-state index in [9.17, 15) is 78.8 Å². The van der Waals surface area contributed by atoms with Crippen LogP contribution in [0.1, 0.15) is 51.9 Å². The Morgan fingerprint density at radius 2 is 1.11 bits per heavy atom. The fourth-order valence-corrected chi connectivity index (χ4v) is 5.50. The molecule has 0 aliphatic carbocycles. The number of halogens is 17.